The van der Waals surface area contributed by atoms with Gasteiger partial charge in [0, 0.05) is 0 Å². The third-order valence-electron chi connectivity index (χ3n) is 2.49. The summed E-state index contributed by atoms with van der Waals surface area (Å²) in [4.78, 5) is 3.85. The highest BCUT2D eigenvalue weighted by Crippen LogP contribution is 2.23. The zero-order valence-corrected chi connectivity index (χ0v) is 10.5. The summed E-state index contributed by atoms with van der Waals surface area (Å²) in [5.74, 6) is -0.0550. The first-order valence-electron chi connectivity index (χ1n) is 5.38. The first kappa shape index (κ1) is 13.1. The average Bonchev–Trinajstić information content (AvgIpc) is 2.57. The molecule has 0 saturated carbocycles. The van der Waals surface area contributed by atoms with Crippen molar-refractivity contribution in [2.75, 3.05) is 0 Å². The minimum Gasteiger partial charge on any atom is -0.211 e. The zero-order valence-electron chi connectivity index (χ0n) is 9.79. The maximum Gasteiger partial charge on any atom is 0.396 e. The summed E-state index contributed by atoms with van der Waals surface area (Å²) >= 11 is 5.97. The van der Waals surface area contributed by atoms with E-state index in [9.17, 15) is 13.2 Å². The summed E-state index contributed by atoms with van der Waals surface area (Å²) in [6.07, 6.45) is -5.47. The quantitative estimate of drug-likeness (QED) is 0.785. The SMILES string of the molecule is CC(C)c1cc(Cl)n2nc(CC(F)(F)F)nc2c1. The number of halogens is 4. The molecule has 2 heterocycles. The van der Waals surface area contributed by atoms with Gasteiger partial charge >= 0.3 is 6.18 Å². The van der Waals surface area contributed by atoms with E-state index in [0.29, 0.717) is 5.65 Å². The molecule has 0 bridgehead atoms. The van der Waals surface area contributed by atoms with E-state index in [1.807, 2.05) is 13.8 Å². The van der Waals surface area contributed by atoms with Crippen LogP contribution in [0.3, 0.4) is 0 Å². The Labute approximate surface area is 107 Å². The van der Waals surface area contributed by atoms with Gasteiger partial charge in [-0.25, -0.2) is 9.50 Å². The van der Waals surface area contributed by atoms with Gasteiger partial charge in [0.25, 0.3) is 0 Å². The van der Waals surface area contributed by atoms with Crippen molar-refractivity contribution in [2.24, 2.45) is 0 Å². The van der Waals surface area contributed by atoms with Crippen LogP contribution in [0.4, 0.5) is 13.2 Å². The Balaban J connectivity index is 2.48. The molecule has 98 valence electrons. The van der Waals surface area contributed by atoms with Crippen molar-refractivity contribution in [1.29, 1.82) is 0 Å². The number of pyridine rings is 1. The van der Waals surface area contributed by atoms with Crippen LogP contribution in [0.5, 0.6) is 0 Å². The van der Waals surface area contributed by atoms with Crippen LogP contribution in [0.25, 0.3) is 5.65 Å². The monoisotopic (exact) mass is 277 g/mol. The highest BCUT2D eigenvalue weighted by Gasteiger charge is 2.30. The molecule has 0 aliphatic heterocycles. The van der Waals surface area contributed by atoms with Crippen LogP contribution in [-0.2, 0) is 6.42 Å². The van der Waals surface area contributed by atoms with Gasteiger partial charge < -0.3 is 0 Å². The predicted octanol–water partition coefficient (Wildman–Crippen LogP) is 3.61. The molecular formula is C11H11ClF3N3. The van der Waals surface area contributed by atoms with Crippen molar-refractivity contribution in [3.63, 3.8) is 0 Å². The summed E-state index contributed by atoms with van der Waals surface area (Å²) in [5.41, 5.74) is 1.25. The van der Waals surface area contributed by atoms with E-state index in [4.69, 9.17) is 11.6 Å². The first-order valence-corrected chi connectivity index (χ1v) is 5.76. The van der Waals surface area contributed by atoms with E-state index in [2.05, 4.69) is 10.1 Å². The molecule has 7 heteroatoms. The van der Waals surface area contributed by atoms with E-state index < -0.39 is 12.6 Å². The lowest BCUT2D eigenvalue weighted by molar-refractivity contribution is -0.128. The van der Waals surface area contributed by atoms with Gasteiger partial charge in [0.2, 0.25) is 0 Å². The fourth-order valence-corrected chi connectivity index (χ4v) is 1.85. The average molecular weight is 278 g/mol. The fourth-order valence-electron chi connectivity index (χ4n) is 1.60. The molecule has 0 aliphatic rings. The molecule has 0 saturated heterocycles. The Hall–Kier alpha value is -1.30. The van der Waals surface area contributed by atoms with Gasteiger partial charge in [-0.1, -0.05) is 25.4 Å². The maximum atomic E-state index is 12.3. The molecule has 0 atom stereocenters. The van der Waals surface area contributed by atoms with Crippen molar-refractivity contribution in [3.8, 4) is 0 Å². The molecule has 0 aromatic carbocycles. The van der Waals surface area contributed by atoms with Gasteiger partial charge in [-0.2, -0.15) is 13.2 Å². The summed E-state index contributed by atoms with van der Waals surface area (Å²) in [6.45, 7) is 3.93. The fraction of sp³-hybridized carbons (Fsp3) is 0.455. The molecular weight excluding hydrogens is 267 g/mol. The Kier molecular flexibility index (Phi) is 3.23. The molecule has 0 N–H and O–H groups in total. The predicted molar refractivity (Wildman–Crippen MR) is 61.8 cm³/mol. The first-order chi connectivity index (χ1) is 8.26. The van der Waals surface area contributed by atoms with E-state index in [1.165, 1.54) is 4.52 Å². The number of nitrogens with zero attached hydrogens (tertiary/aromatic N) is 3. The highest BCUT2D eigenvalue weighted by atomic mass is 35.5. The van der Waals surface area contributed by atoms with Crippen LogP contribution in [-0.4, -0.2) is 20.8 Å². The van der Waals surface area contributed by atoms with Crippen LogP contribution in [0.2, 0.25) is 5.15 Å². The highest BCUT2D eigenvalue weighted by molar-refractivity contribution is 6.29. The number of alkyl halides is 3. The number of rotatable bonds is 2. The van der Waals surface area contributed by atoms with Gasteiger partial charge in [0.15, 0.2) is 11.5 Å². The molecule has 18 heavy (non-hydrogen) atoms. The zero-order chi connectivity index (χ0) is 13.5. The van der Waals surface area contributed by atoms with Crippen LogP contribution in [0.1, 0.15) is 31.2 Å². The number of fused-ring (bicyclic) bond motifs is 1. The second kappa shape index (κ2) is 4.42. The van der Waals surface area contributed by atoms with Crippen molar-refractivity contribution in [2.45, 2.75) is 32.4 Å². The lowest BCUT2D eigenvalue weighted by atomic mass is 10.1. The van der Waals surface area contributed by atoms with E-state index in [-0.39, 0.29) is 16.9 Å². The molecule has 0 fully saturated rings. The van der Waals surface area contributed by atoms with Crippen molar-refractivity contribution >= 4 is 17.2 Å². The van der Waals surface area contributed by atoms with Gasteiger partial charge in [-0.05, 0) is 23.6 Å². The topological polar surface area (TPSA) is 30.2 Å². The molecule has 0 amide bonds. The lowest BCUT2D eigenvalue weighted by Gasteiger charge is -2.05. The van der Waals surface area contributed by atoms with Crippen molar-refractivity contribution in [1.82, 2.24) is 14.6 Å². The Morgan fingerprint density at radius 2 is 2.00 bits per heavy atom. The molecule has 0 aliphatic carbocycles. The second-order valence-corrected chi connectivity index (χ2v) is 4.74. The van der Waals surface area contributed by atoms with Gasteiger partial charge in [0.05, 0.1) is 0 Å². The molecule has 0 spiro atoms. The summed E-state index contributed by atoms with van der Waals surface area (Å²) in [6, 6.07) is 3.38. The minimum absolute atomic E-state index is 0.218. The van der Waals surface area contributed by atoms with Crippen LogP contribution < -0.4 is 0 Å². The molecule has 2 rings (SSSR count). The van der Waals surface area contributed by atoms with Crippen LogP contribution in [0, 0.1) is 0 Å². The molecule has 0 radical (unpaired) electrons. The number of hydrogen-bond donors (Lipinski definition) is 0. The van der Waals surface area contributed by atoms with Crippen LogP contribution >= 0.6 is 11.6 Å². The smallest absolute Gasteiger partial charge is 0.211 e. The molecule has 3 nitrogen and oxygen atoms in total. The second-order valence-electron chi connectivity index (χ2n) is 4.36. The lowest BCUT2D eigenvalue weighted by Crippen LogP contribution is -2.12. The van der Waals surface area contributed by atoms with E-state index in [1.54, 1.807) is 12.1 Å². The number of hydrogen-bond acceptors (Lipinski definition) is 2. The Morgan fingerprint density at radius 3 is 2.56 bits per heavy atom. The van der Waals surface area contributed by atoms with Crippen LogP contribution in [0.15, 0.2) is 12.1 Å². The van der Waals surface area contributed by atoms with Crippen molar-refractivity contribution < 1.29 is 13.2 Å². The van der Waals surface area contributed by atoms with E-state index >= 15 is 0 Å². The Morgan fingerprint density at radius 1 is 1.33 bits per heavy atom. The van der Waals surface area contributed by atoms with Gasteiger partial charge in [-0.15, -0.1) is 5.10 Å². The molecule has 0 unspecified atom stereocenters. The largest absolute Gasteiger partial charge is 0.396 e. The normalized spacial score (nSPS) is 12.6. The standard InChI is InChI=1S/C11H11ClF3N3/c1-6(2)7-3-8(12)18-10(4-7)16-9(17-18)5-11(13,14)15/h3-4,6H,5H2,1-2H3. The molecule has 2 aromatic heterocycles. The molecule has 2 aromatic rings. The van der Waals surface area contributed by atoms with Gasteiger partial charge in [0.1, 0.15) is 11.6 Å². The number of aromatic nitrogens is 3. The Bertz CT molecular complexity index is 575. The summed E-state index contributed by atoms with van der Waals surface area (Å²) in [5, 5.41) is 4.01. The third kappa shape index (κ3) is 2.75. The minimum atomic E-state index is -4.32. The van der Waals surface area contributed by atoms with E-state index in [0.717, 1.165) is 5.56 Å². The van der Waals surface area contributed by atoms with Gasteiger partial charge in [-0.3, -0.25) is 0 Å². The maximum absolute atomic E-state index is 12.3. The summed E-state index contributed by atoms with van der Waals surface area (Å²) in [7, 11) is 0. The van der Waals surface area contributed by atoms with Crippen molar-refractivity contribution in [3.05, 3.63) is 28.7 Å². The third-order valence-corrected chi connectivity index (χ3v) is 2.75. The summed E-state index contributed by atoms with van der Waals surface area (Å²) < 4.78 is 38.0.